The number of carboxylic acid groups (broad SMARTS) is 1. The van der Waals surface area contributed by atoms with Gasteiger partial charge in [-0.15, -0.1) is 0 Å². The number of carbonyl (C=O) groups is 1. The molecule has 1 unspecified atom stereocenters. The topological polar surface area (TPSA) is 49.3 Å². The van der Waals surface area contributed by atoms with Crippen LogP contribution in [0.2, 0.25) is 5.02 Å². The molecule has 0 aliphatic carbocycles. The summed E-state index contributed by atoms with van der Waals surface area (Å²) in [7, 11) is 0. The van der Waals surface area contributed by atoms with E-state index in [1.54, 1.807) is 18.2 Å². The van der Waals surface area contributed by atoms with Crippen LogP contribution in [0.25, 0.3) is 0 Å². The third-order valence-electron chi connectivity index (χ3n) is 3.23. The average Bonchev–Trinajstić information content (AvgIpc) is 2.38. The molecule has 0 heterocycles. The maximum absolute atomic E-state index is 11.6. The van der Waals surface area contributed by atoms with Gasteiger partial charge in [0.25, 0.3) is 0 Å². The minimum atomic E-state index is -0.918. The molecule has 0 saturated heterocycles. The van der Waals surface area contributed by atoms with Gasteiger partial charge in [0, 0.05) is 10.7 Å². The Morgan fingerprint density at radius 2 is 1.85 bits per heavy atom. The summed E-state index contributed by atoms with van der Waals surface area (Å²) in [6.07, 6.45) is 0. The van der Waals surface area contributed by atoms with Crippen molar-refractivity contribution in [3.05, 3.63) is 64.2 Å². The summed E-state index contributed by atoms with van der Waals surface area (Å²) in [5.74, 6) is -0.918. The molecule has 0 amide bonds. The molecule has 0 bridgehead atoms. The Balaban J connectivity index is 2.37. The van der Waals surface area contributed by atoms with Crippen LogP contribution in [0.1, 0.15) is 22.7 Å². The second kappa shape index (κ2) is 5.97. The number of aliphatic carboxylic acids is 1. The molecule has 1 atom stereocenters. The van der Waals surface area contributed by atoms with Crippen molar-refractivity contribution >= 4 is 23.3 Å². The van der Waals surface area contributed by atoms with Gasteiger partial charge in [-0.05, 0) is 48.7 Å². The number of carboxylic acids is 1. The molecule has 2 N–H and O–H groups in total. The lowest BCUT2D eigenvalue weighted by molar-refractivity contribution is -0.138. The van der Waals surface area contributed by atoms with Crippen molar-refractivity contribution in [2.75, 3.05) is 5.32 Å². The second-order valence-corrected chi connectivity index (χ2v) is 5.17. The van der Waals surface area contributed by atoms with Crippen LogP contribution in [0, 0.1) is 13.8 Å². The van der Waals surface area contributed by atoms with E-state index in [0.717, 1.165) is 16.8 Å². The number of anilines is 1. The third kappa shape index (κ3) is 3.11. The molecule has 20 heavy (non-hydrogen) atoms. The molecule has 2 aromatic carbocycles. The van der Waals surface area contributed by atoms with Gasteiger partial charge < -0.3 is 10.4 Å². The molecule has 0 aliphatic heterocycles. The highest BCUT2D eigenvalue weighted by Gasteiger charge is 2.22. The summed E-state index contributed by atoms with van der Waals surface area (Å²) < 4.78 is 0. The SMILES string of the molecule is Cc1ccccc1NC(C(=O)O)c1ccc(Cl)cc1C. The van der Waals surface area contributed by atoms with Crippen LogP contribution in [0.5, 0.6) is 0 Å². The van der Waals surface area contributed by atoms with Crippen molar-refractivity contribution in [1.29, 1.82) is 0 Å². The lowest BCUT2D eigenvalue weighted by Crippen LogP contribution is -2.21. The van der Waals surface area contributed by atoms with Gasteiger partial charge in [0.05, 0.1) is 0 Å². The number of rotatable bonds is 4. The maximum Gasteiger partial charge on any atom is 0.330 e. The first kappa shape index (κ1) is 14.4. The number of para-hydroxylation sites is 1. The molecular formula is C16H16ClNO2. The third-order valence-corrected chi connectivity index (χ3v) is 3.47. The van der Waals surface area contributed by atoms with Crippen molar-refractivity contribution in [1.82, 2.24) is 0 Å². The van der Waals surface area contributed by atoms with E-state index in [1.165, 1.54) is 0 Å². The van der Waals surface area contributed by atoms with Crippen LogP contribution < -0.4 is 5.32 Å². The van der Waals surface area contributed by atoms with Gasteiger partial charge in [-0.2, -0.15) is 0 Å². The van der Waals surface area contributed by atoms with E-state index in [9.17, 15) is 9.90 Å². The van der Waals surface area contributed by atoms with Crippen LogP contribution in [0.15, 0.2) is 42.5 Å². The van der Waals surface area contributed by atoms with Crippen LogP contribution in [0.4, 0.5) is 5.69 Å². The van der Waals surface area contributed by atoms with Crippen molar-refractivity contribution in [2.45, 2.75) is 19.9 Å². The van der Waals surface area contributed by atoms with Crippen molar-refractivity contribution in [2.24, 2.45) is 0 Å². The van der Waals surface area contributed by atoms with Gasteiger partial charge in [0.1, 0.15) is 0 Å². The Labute approximate surface area is 123 Å². The number of nitrogens with one attached hydrogen (secondary N) is 1. The second-order valence-electron chi connectivity index (χ2n) is 4.73. The summed E-state index contributed by atoms with van der Waals surface area (Å²) in [5.41, 5.74) is 3.38. The van der Waals surface area contributed by atoms with Gasteiger partial charge >= 0.3 is 5.97 Å². The highest BCUT2D eigenvalue weighted by molar-refractivity contribution is 6.30. The summed E-state index contributed by atoms with van der Waals surface area (Å²) in [4.78, 5) is 11.6. The van der Waals surface area contributed by atoms with Crippen molar-refractivity contribution in [3.63, 3.8) is 0 Å². The van der Waals surface area contributed by atoms with Crippen molar-refractivity contribution < 1.29 is 9.90 Å². The first-order valence-corrected chi connectivity index (χ1v) is 6.68. The smallest absolute Gasteiger partial charge is 0.330 e. The molecule has 2 rings (SSSR count). The van der Waals surface area contributed by atoms with Crippen LogP contribution in [-0.2, 0) is 4.79 Å². The van der Waals surface area contributed by atoms with Crippen LogP contribution >= 0.6 is 11.6 Å². The lowest BCUT2D eigenvalue weighted by atomic mass is 10.0. The highest BCUT2D eigenvalue weighted by Crippen LogP contribution is 2.26. The zero-order valence-corrected chi connectivity index (χ0v) is 12.1. The van der Waals surface area contributed by atoms with Gasteiger partial charge in [0.15, 0.2) is 6.04 Å². The number of aryl methyl sites for hydroxylation is 2. The first-order valence-electron chi connectivity index (χ1n) is 6.30. The number of halogens is 1. The molecule has 0 aromatic heterocycles. The molecule has 4 heteroatoms. The quantitative estimate of drug-likeness (QED) is 0.887. The van der Waals surface area contributed by atoms with Crippen molar-refractivity contribution in [3.8, 4) is 0 Å². The monoisotopic (exact) mass is 289 g/mol. The van der Waals surface area contributed by atoms with E-state index in [2.05, 4.69) is 5.32 Å². The predicted octanol–water partition coefficient (Wildman–Crippen LogP) is 4.19. The van der Waals surface area contributed by atoms with E-state index in [1.807, 2.05) is 38.1 Å². The summed E-state index contributed by atoms with van der Waals surface area (Å²) in [6.45, 7) is 3.80. The predicted molar refractivity (Wildman–Crippen MR) is 81.4 cm³/mol. The van der Waals surface area contributed by atoms with Crippen LogP contribution in [-0.4, -0.2) is 11.1 Å². The molecule has 0 spiro atoms. The van der Waals surface area contributed by atoms with E-state index in [0.29, 0.717) is 10.6 Å². The van der Waals surface area contributed by atoms with E-state index in [4.69, 9.17) is 11.6 Å². The van der Waals surface area contributed by atoms with Gasteiger partial charge in [0.2, 0.25) is 0 Å². The highest BCUT2D eigenvalue weighted by atomic mass is 35.5. The molecule has 3 nitrogen and oxygen atoms in total. The number of benzene rings is 2. The van der Waals surface area contributed by atoms with E-state index >= 15 is 0 Å². The molecular weight excluding hydrogens is 274 g/mol. The Morgan fingerprint density at radius 3 is 2.45 bits per heavy atom. The Bertz CT molecular complexity index is 640. The fourth-order valence-electron chi connectivity index (χ4n) is 2.13. The Hall–Kier alpha value is -2.00. The molecule has 0 fully saturated rings. The van der Waals surface area contributed by atoms with E-state index < -0.39 is 12.0 Å². The van der Waals surface area contributed by atoms with Gasteiger partial charge in [-0.1, -0.05) is 35.9 Å². The summed E-state index contributed by atoms with van der Waals surface area (Å²) in [5, 5.41) is 13.2. The Kier molecular flexibility index (Phi) is 4.30. The first-order chi connectivity index (χ1) is 9.49. The molecule has 2 aromatic rings. The zero-order valence-electron chi connectivity index (χ0n) is 11.4. The minimum absolute atomic E-state index is 0.603. The number of hydrogen-bond donors (Lipinski definition) is 2. The molecule has 0 aliphatic rings. The van der Waals surface area contributed by atoms with Gasteiger partial charge in [-0.25, -0.2) is 4.79 Å². The number of hydrogen-bond acceptors (Lipinski definition) is 2. The fourth-order valence-corrected chi connectivity index (χ4v) is 2.35. The fraction of sp³-hybridized carbons (Fsp3) is 0.188. The van der Waals surface area contributed by atoms with Gasteiger partial charge in [-0.3, -0.25) is 0 Å². The average molecular weight is 290 g/mol. The van der Waals surface area contributed by atoms with E-state index in [-0.39, 0.29) is 0 Å². The minimum Gasteiger partial charge on any atom is -0.479 e. The Morgan fingerprint density at radius 1 is 1.15 bits per heavy atom. The zero-order chi connectivity index (χ0) is 14.7. The molecule has 0 saturated carbocycles. The molecule has 104 valence electrons. The van der Waals surface area contributed by atoms with Crippen LogP contribution in [0.3, 0.4) is 0 Å². The molecule has 0 radical (unpaired) electrons. The lowest BCUT2D eigenvalue weighted by Gasteiger charge is -2.19. The summed E-state index contributed by atoms with van der Waals surface area (Å²) in [6, 6.07) is 12.0. The largest absolute Gasteiger partial charge is 0.479 e. The standard InChI is InChI=1S/C16H16ClNO2/c1-10-5-3-4-6-14(10)18-15(16(19)20)13-8-7-12(17)9-11(13)2/h3-9,15,18H,1-2H3,(H,19,20). The summed E-state index contributed by atoms with van der Waals surface area (Å²) >= 11 is 5.92. The maximum atomic E-state index is 11.6. The normalized spacial score (nSPS) is 11.9.